The lowest BCUT2D eigenvalue weighted by Crippen LogP contribution is -2.31. The number of ether oxygens (including phenoxy) is 4. The summed E-state index contributed by atoms with van der Waals surface area (Å²) in [6.07, 6.45) is 1.35. The van der Waals surface area contributed by atoms with Crippen molar-refractivity contribution in [1.29, 1.82) is 0 Å². The van der Waals surface area contributed by atoms with Gasteiger partial charge < -0.3 is 24.3 Å². The molecule has 7 nitrogen and oxygen atoms in total. The number of ketones is 1. The first-order valence-electron chi connectivity index (χ1n) is 9.56. The highest BCUT2D eigenvalue weighted by Gasteiger charge is 2.06. The molecule has 26 heavy (non-hydrogen) atoms. The second-order valence-corrected chi connectivity index (χ2v) is 6.62. The molecule has 0 radical (unpaired) electrons. The van der Waals surface area contributed by atoms with Crippen LogP contribution in [0, 0.1) is 11.8 Å². The second-order valence-electron chi connectivity index (χ2n) is 6.62. The van der Waals surface area contributed by atoms with Crippen LogP contribution in [0.4, 0.5) is 0 Å². The Morgan fingerprint density at radius 1 is 0.692 bits per heavy atom. The number of Topliss-reactive ketones (excluding diaryl/α,β-unsaturated/α-hetero) is 1. The van der Waals surface area contributed by atoms with Crippen LogP contribution in [-0.2, 0) is 28.5 Å². The maximum atomic E-state index is 11.4. The molecule has 0 saturated carbocycles. The molecule has 0 aromatic rings. The molecule has 0 atom stereocenters. The Kier molecular flexibility index (Phi) is 16.7. The minimum absolute atomic E-state index is 0.00203. The first-order valence-corrected chi connectivity index (χ1v) is 9.56. The second kappa shape index (κ2) is 17.4. The van der Waals surface area contributed by atoms with E-state index in [1.165, 1.54) is 0 Å². The van der Waals surface area contributed by atoms with Gasteiger partial charge in [0.2, 0.25) is 5.91 Å². The molecule has 1 amide bonds. The summed E-state index contributed by atoms with van der Waals surface area (Å²) < 4.78 is 21.5. The van der Waals surface area contributed by atoms with Crippen LogP contribution in [0.3, 0.4) is 0 Å². The number of amides is 1. The van der Waals surface area contributed by atoms with Gasteiger partial charge in [0.25, 0.3) is 0 Å². The Bertz CT molecular complexity index is 326. The van der Waals surface area contributed by atoms with Crippen LogP contribution in [0.1, 0.15) is 40.5 Å². The van der Waals surface area contributed by atoms with Gasteiger partial charge in [0.1, 0.15) is 5.78 Å². The normalized spacial score (nSPS) is 11.3. The zero-order chi connectivity index (χ0) is 19.6. The lowest BCUT2D eigenvalue weighted by Gasteiger charge is -2.09. The molecule has 0 aliphatic rings. The van der Waals surface area contributed by atoms with Gasteiger partial charge in [0.15, 0.2) is 0 Å². The van der Waals surface area contributed by atoms with E-state index in [0.29, 0.717) is 65.8 Å². The van der Waals surface area contributed by atoms with Gasteiger partial charge in [-0.1, -0.05) is 27.7 Å². The Balaban J connectivity index is 3.14. The van der Waals surface area contributed by atoms with Crippen LogP contribution in [0.15, 0.2) is 0 Å². The minimum atomic E-state index is -0.00203. The first-order chi connectivity index (χ1) is 12.4. The van der Waals surface area contributed by atoms with Crippen LogP contribution in [-0.4, -0.2) is 71.1 Å². The van der Waals surface area contributed by atoms with Gasteiger partial charge >= 0.3 is 0 Å². The maximum absolute atomic E-state index is 11.4. The first kappa shape index (κ1) is 25.0. The monoisotopic (exact) mass is 375 g/mol. The Hall–Kier alpha value is -1.02. The molecule has 0 bridgehead atoms. The summed E-state index contributed by atoms with van der Waals surface area (Å²) in [5.41, 5.74) is 0. The number of nitrogens with one attached hydrogen (secondary N) is 1. The lowest BCUT2D eigenvalue weighted by atomic mass is 10.1. The third-order valence-corrected chi connectivity index (χ3v) is 3.54. The molecule has 1 N–H and O–H groups in total. The average molecular weight is 376 g/mol. The standard InChI is InChI=1S/C19H37NO6/c1-16(2)18(21)6-5-8-23-10-12-25-14-15-26-13-11-24-9-7-20-19(22)17(3)4/h16-17H,5-15H2,1-4H3,(H,20,22). The van der Waals surface area contributed by atoms with Gasteiger partial charge in [0, 0.05) is 31.4 Å². The molecule has 0 fully saturated rings. The van der Waals surface area contributed by atoms with E-state index >= 15 is 0 Å². The van der Waals surface area contributed by atoms with Crippen LogP contribution in [0.25, 0.3) is 0 Å². The molecule has 0 aliphatic carbocycles. The third kappa shape index (κ3) is 16.4. The van der Waals surface area contributed by atoms with Crippen molar-refractivity contribution in [3.05, 3.63) is 0 Å². The van der Waals surface area contributed by atoms with Gasteiger partial charge in [-0.3, -0.25) is 9.59 Å². The molecule has 0 heterocycles. The van der Waals surface area contributed by atoms with Gasteiger partial charge in [0.05, 0.1) is 46.2 Å². The predicted octanol–water partition coefficient (Wildman–Crippen LogP) is 1.83. The molecule has 0 aliphatic heterocycles. The van der Waals surface area contributed by atoms with E-state index < -0.39 is 0 Å². The van der Waals surface area contributed by atoms with Crippen molar-refractivity contribution in [3.63, 3.8) is 0 Å². The van der Waals surface area contributed by atoms with E-state index in [2.05, 4.69) is 5.32 Å². The lowest BCUT2D eigenvalue weighted by molar-refractivity contribution is -0.124. The summed E-state index contributed by atoms with van der Waals surface area (Å²) in [6.45, 7) is 12.2. The van der Waals surface area contributed by atoms with Crippen molar-refractivity contribution < 1.29 is 28.5 Å². The summed E-state index contributed by atoms with van der Waals surface area (Å²) in [6, 6.07) is 0. The van der Waals surface area contributed by atoms with Crippen LogP contribution in [0.5, 0.6) is 0 Å². The fourth-order valence-corrected chi connectivity index (χ4v) is 1.85. The summed E-state index contributed by atoms with van der Waals surface area (Å²) in [4.78, 5) is 22.7. The number of rotatable bonds is 18. The number of hydrogen-bond donors (Lipinski definition) is 1. The van der Waals surface area contributed by atoms with Gasteiger partial charge in [-0.05, 0) is 6.42 Å². The molecule has 154 valence electrons. The Morgan fingerprint density at radius 3 is 1.62 bits per heavy atom. The van der Waals surface area contributed by atoms with E-state index in [4.69, 9.17) is 18.9 Å². The largest absolute Gasteiger partial charge is 0.379 e. The summed E-state index contributed by atoms with van der Waals surface area (Å²) in [5, 5.41) is 2.78. The number of hydrogen-bond acceptors (Lipinski definition) is 6. The molecule has 0 aromatic carbocycles. The minimum Gasteiger partial charge on any atom is -0.379 e. The molecular formula is C19H37NO6. The van der Waals surface area contributed by atoms with Crippen LogP contribution in [0.2, 0.25) is 0 Å². The molecule has 0 unspecified atom stereocenters. The topological polar surface area (TPSA) is 83.1 Å². The number of carbonyl (C=O) groups is 2. The molecule has 0 aromatic heterocycles. The molecule has 7 heteroatoms. The van der Waals surface area contributed by atoms with Crippen molar-refractivity contribution in [3.8, 4) is 0 Å². The Morgan fingerprint density at radius 2 is 1.15 bits per heavy atom. The van der Waals surface area contributed by atoms with Crippen LogP contribution < -0.4 is 5.32 Å². The molecular weight excluding hydrogens is 338 g/mol. The highest BCUT2D eigenvalue weighted by atomic mass is 16.6. The van der Waals surface area contributed by atoms with Crippen molar-refractivity contribution in [2.24, 2.45) is 11.8 Å². The van der Waals surface area contributed by atoms with Crippen molar-refractivity contribution in [2.75, 3.05) is 59.4 Å². The highest BCUT2D eigenvalue weighted by molar-refractivity contribution is 5.80. The molecule has 0 saturated heterocycles. The fourth-order valence-electron chi connectivity index (χ4n) is 1.85. The molecule has 0 spiro atoms. The smallest absolute Gasteiger partial charge is 0.222 e. The SMILES string of the molecule is CC(C)C(=O)CCCOCCOCCOCCOCCNC(=O)C(C)C. The summed E-state index contributed by atoms with van der Waals surface area (Å²) in [5.74, 6) is 0.425. The van der Waals surface area contributed by atoms with E-state index in [9.17, 15) is 9.59 Å². The van der Waals surface area contributed by atoms with Crippen molar-refractivity contribution >= 4 is 11.7 Å². The summed E-state index contributed by atoms with van der Waals surface area (Å²) >= 11 is 0. The zero-order valence-electron chi connectivity index (χ0n) is 16.9. The van der Waals surface area contributed by atoms with E-state index in [-0.39, 0.29) is 23.5 Å². The number of carbonyl (C=O) groups excluding carboxylic acids is 2. The average Bonchev–Trinajstić information content (AvgIpc) is 2.60. The highest BCUT2D eigenvalue weighted by Crippen LogP contribution is 2.01. The summed E-state index contributed by atoms with van der Waals surface area (Å²) in [7, 11) is 0. The van der Waals surface area contributed by atoms with Crippen LogP contribution >= 0.6 is 0 Å². The van der Waals surface area contributed by atoms with Gasteiger partial charge in [-0.2, -0.15) is 0 Å². The quantitative estimate of drug-likeness (QED) is 0.368. The fraction of sp³-hybridized carbons (Fsp3) is 0.895. The maximum Gasteiger partial charge on any atom is 0.222 e. The van der Waals surface area contributed by atoms with Gasteiger partial charge in [-0.15, -0.1) is 0 Å². The van der Waals surface area contributed by atoms with E-state index in [1.807, 2.05) is 27.7 Å². The van der Waals surface area contributed by atoms with Gasteiger partial charge in [-0.25, -0.2) is 0 Å². The van der Waals surface area contributed by atoms with Crippen molar-refractivity contribution in [2.45, 2.75) is 40.5 Å². The van der Waals surface area contributed by atoms with E-state index in [0.717, 1.165) is 6.42 Å². The zero-order valence-corrected chi connectivity index (χ0v) is 16.9. The predicted molar refractivity (Wildman–Crippen MR) is 100 cm³/mol. The Labute approximate surface area is 158 Å². The van der Waals surface area contributed by atoms with Crippen molar-refractivity contribution in [1.82, 2.24) is 5.32 Å². The third-order valence-electron chi connectivity index (χ3n) is 3.54. The molecule has 0 rings (SSSR count). The van der Waals surface area contributed by atoms with E-state index in [1.54, 1.807) is 0 Å².